The van der Waals surface area contributed by atoms with Crippen LogP contribution >= 0.6 is 39.9 Å². The zero-order valence-corrected chi connectivity index (χ0v) is 18.9. The highest BCUT2D eigenvalue weighted by molar-refractivity contribution is 14.0. The molecule has 0 saturated carbocycles. The van der Waals surface area contributed by atoms with E-state index in [0.717, 1.165) is 29.4 Å². The summed E-state index contributed by atoms with van der Waals surface area (Å²) in [5, 5.41) is 3.51. The van der Waals surface area contributed by atoms with Gasteiger partial charge < -0.3 is 15.1 Å². The van der Waals surface area contributed by atoms with Crippen LogP contribution in [0.5, 0.6) is 0 Å². The van der Waals surface area contributed by atoms with E-state index in [-0.39, 0.29) is 24.0 Å². The molecule has 136 valence electrons. The number of rotatable bonds is 5. The van der Waals surface area contributed by atoms with E-state index in [2.05, 4.69) is 74.4 Å². The summed E-state index contributed by atoms with van der Waals surface area (Å²) in [4.78, 5) is 9.01. The summed E-state index contributed by atoms with van der Waals surface area (Å²) >= 11 is 3.48. The van der Waals surface area contributed by atoms with Crippen molar-refractivity contribution < 1.29 is 0 Å². The molecule has 1 aliphatic heterocycles. The number of nitrogens with zero attached hydrogens (tertiary/aromatic N) is 3. The molecule has 0 unspecified atom stereocenters. The SMILES string of the molecule is CN=C(NCCC1CCN(C)CC1)N(C)Cc1ccc(Br)cc1.I. The largest absolute Gasteiger partial charge is 0.356 e. The van der Waals surface area contributed by atoms with Gasteiger partial charge in [-0.05, 0) is 63.0 Å². The molecule has 4 nitrogen and oxygen atoms in total. The van der Waals surface area contributed by atoms with Crippen molar-refractivity contribution in [2.75, 3.05) is 40.8 Å². The van der Waals surface area contributed by atoms with Crippen molar-refractivity contribution in [2.45, 2.75) is 25.8 Å². The molecular weight excluding hydrogens is 479 g/mol. The van der Waals surface area contributed by atoms with Gasteiger partial charge in [0.15, 0.2) is 5.96 Å². The van der Waals surface area contributed by atoms with Crippen molar-refractivity contribution in [3.8, 4) is 0 Å². The van der Waals surface area contributed by atoms with Gasteiger partial charge in [0.25, 0.3) is 0 Å². The zero-order valence-electron chi connectivity index (χ0n) is 15.0. The molecule has 0 aromatic heterocycles. The Kier molecular flexibility index (Phi) is 10.2. The van der Waals surface area contributed by atoms with E-state index in [1.54, 1.807) is 0 Å². The number of nitrogens with one attached hydrogen (secondary N) is 1. The van der Waals surface area contributed by atoms with Gasteiger partial charge in [-0.3, -0.25) is 4.99 Å². The Hall–Kier alpha value is -0.340. The van der Waals surface area contributed by atoms with Crippen LogP contribution < -0.4 is 5.32 Å². The first-order chi connectivity index (χ1) is 11.1. The van der Waals surface area contributed by atoms with E-state index in [1.807, 2.05) is 7.05 Å². The summed E-state index contributed by atoms with van der Waals surface area (Å²) in [7, 11) is 6.16. The van der Waals surface area contributed by atoms with Crippen molar-refractivity contribution in [3.05, 3.63) is 34.3 Å². The molecule has 0 radical (unpaired) electrons. The molecule has 0 atom stereocenters. The van der Waals surface area contributed by atoms with E-state index in [9.17, 15) is 0 Å². The molecule has 0 aliphatic carbocycles. The van der Waals surface area contributed by atoms with Crippen LogP contribution in [0.15, 0.2) is 33.7 Å². The van der Waals surface area contributed by atoms with Crippen LogP contribution in [-0.2, 0) is 6.54 Å². The average Bonchev–Trinajstić information content (AvgIpc) is 2.55. The fourth-order valence-corrected chi connectivity index (χ4v) is 3.33. The topological polar surface area (TPSA) is 30.9 Å². The first kappa shape index (κ1) is 21.7. The Morgan fingerprint density at radius 2 is 1.92 bits per heavy atom. The molecule has 2 rings (SSSR count). The summed E-state index contributed by atoms with van der Waals surface area (Å²) in [6, 6.07) is 8.46. The van der Waals surface area contributed by atoms with Crippen LogP contribution in [0, 0.1) is 5.92 Å². The van der Waals surface area contributed by atoms with Crippen LogP contribution in [0.4, 0.5) is 0 Å². The van der Waals surface area contributed by atoms with Gasteiger partial charge in [-0.1, -0.05) is 28.1 Å². The second-order valence-corrected chi connectivity index (χ2v) is 7.41. The molecule has 24 heavy (non-hydrogen) atoms. The van der Waals surface area contributed by atoms with E-state index >= 15 is 0 Å². The Bertz CT molecular complexity index is 498. The monoisotopic (exact) mass is 508 g/mol. The van der Waals surface area contributed by atoms with E-state index in [1.165, 1.54) is 37.9 Å². The van der Waals surface area contributed by atoms with Crippen LogP contribution in [-0.4, -0.2) is 56.5 Å². The number of hydrogen-bond acceptors (Lipinski definition) is 2. The lowest BCUT2D eigenvalue weighted by Gasteiger charge is -2.29. The Balaban J connectivity index is 0.00000288. The lowest BCUT2D eigenvalue weighted by atomic mass is 9.94. The third-order valence-electron chi connectivity index (χ3n) is 4.58. The summed E-state index contributed by atoms with van der Waals surface area (Å²) in [5.41, 5.74) is 1.29. The molecule has 0 amide bonds. The van der Waals surface area contributed by atoms with Gasteiger partial charge in [0.2, 0.25) is 0 Å². The molecule has 1 heterocycles. The number of likely N-dealkylation sites (tertiary alicyclic amines) is 1. The number of guanidine groups is 1. The van der Waals surface area contributed by atoms with Gasteiger partial charge in [0.1, 0.15) is 0 Å². The Labute approximate surface area is 172 Å². The van der Waals surface area contributed by atoms with Gasteiger partial charge in [-0.2, -0.15) is 0 Å². The standard InChI is InChI=1S/C18H29BrN4.HI/c1-20-18(21-11-8-15-9-12-22(2)13-10-15)23(3)14-16-4-6-17(19)7-5-16;/h4-7,15H,8-14H2,1-3H3,(H,20,21);1H. The maximum absolute atomic E-state index is 4.41. The lowest BCUT2D eigenvalue weighted by Crippen LogP contribution is -2.40. The number of piperidine rings is 1. The van der Waals surface area contributed by atoms with Gasteiger partial charge in [0.05, 0.1) is 0 Å². The predicted octanol–water partition coefficient (Wildman–Crippen LogP) is 3.81. The third kappa shape index (κ3) is 7.27. The Morgan fingerprint density at radius 1 is 1.29 bits per heavy atom. The first-order valence-corrected chi connectivity index (χ1v) is 9.22. The molecule has 1 aromatic carbocycles. The molecule has 6 heteroatoms. The van der Waals surface area contributed by atoms with Gasteiger partial charge in [-0.15, -0.1) is 24.0 Å². The fourth-order valence-electron chi connectivity index (χ4n) is 3.06. The summed E-state index contributed by atoms with van der Waals surface area (Å²) < 4.78 is 1.12. The van der Waals surface area contributed by atoms with E-state index < -0.39 is 0 Å². The van der Waals surface area contributed by atoms with Gasteiger partial charge >= 0.3 is 0 Å². The molecule has 0 bridgehead atoms. The third-order valence-corrected chi connectivity index (χ3v) is 5.11. The van der Waals surface area contributed by atoms with Crippen molar-refractivity contribution >= 4 is 45.9 Å². The van der Waals surface area contributed by atoms with Crippen molar-refractivity contribution in [1.82, 2.24) is 15.1 Å². The highest BCUT2D eigenvalue weighted by atomic mass is 127. The minimum atomic E-state index is 0. The van der Waals surface area contributed by atoms with Crippen molar-refractivity contribution in [3.63, 3.8) is 0 Å². The van der Waals surface area contributed by atoms with Crippen LogP contribution in [0.1, 0.15) is 24.8 Å². The smallest absolute Gasteiger partial charge is 0.193 e. The normalized spacial score (nSPS) is 16.6. The lowest BCUT2D eigenvalue weighted by molar-refractivity contribution is 0.212. The summed E-state index contributed by atoms with van der Waals surface area (Å²) in [6.45, 7) is 4.35. The van der Waals surface area contributed by atoms with Gasteiger partial charge in [0, 0.05) is 31.7 Å². The molecule has 1 N–H and O–H groups in total. The molecule has 1 aliphatic rings. The van der Waals surface area contributed by atoms with Crippen LogP contribution in [0.25, 0.3) is 0 Å². The quantitative estimate of drug-likeness (QED) is 0.373. The number of benzene rings is 1. The molecule has 1 fully saturated rings. The first-order valence-electron chi connectivity index (χ1n) is 8.43. The minimum Gasteiger partial charge on any atom is -0.356 e. The molecule has 1 aromatic rings. The van der Waals surface area contributed by atoms with Gasteiger partial charge in [-0.25, -0.2) is 0 Å². The minimum absolute atomic E-state index is 0. The average molecular weight is 509 g/mol. The summed E-state index contributed by atoms with van der Waals surface area (Å²) in [6.07, 6.45) is 3.88. The zero-order chi connectivity index (χ0) is 16.7. The number of halogens is 2. The molecule has 1 saturated heterocycles. The second-order valence-electron chi connectivity index (χ2n) is 6.49. The molecular formula is C18H30BrIN4. The maximum Gasteiger partial charge on any atom is 0.193 e. The van der Waals surface area contributed by atoms with Crippen LogP contribution in [0.2, 0.25) is 0 Å². The second kappa shape index (κ2) is 11.3. The van der Waals surface area contributed by atoms with E-state index in [4.69, 9.17) is 0 Å². The highest BCUT2D eigenvalue weighted by Gasteiger charge is 2.16. The summed E-state index contributed by atoms with van der Waals surface area (Å²) in [5.74, 6) is 1.83. The van der Waals surface area contributed by atoms with Crippen molar-refractivity contribution in [1.29, 1.82) is 0 Å². The van der Waals surface area contributed by atoms with Crippen LogP contribution in [0.3, 0.4) is 0 Å². The highest BCUT2D eigenvalue weighted by Crippen LogP contribution is 2.18. The number of aliphatic imine (C=N–C) groups is 1. The number of hydrogen-bond donors (Lipinski definition) is 1. The maximum atomic E-state index is 4.41. The Morgan fingerprint density at radius 3 is 2.50 bits per heavy atom. The fraction of sp³-hybridized carbons (Fsp3) is 0.611. The molecule has 0 spiro atoms. The van der Waals surface area contributed by atoms with Crippen molar-refractivity contribution in [2.24, 2.45) is 10.9 Å². The predicted molar refractivity (Wildman–Crippen MR) is 117 cm³/mol. The van der Waals surface area contributed by atoms with E-state index in [0.29, 0.717) is 0 Å².